The van der Waals surface area contributed by atoms with Crippen molar-refractivity contribution in [2.75, 3.05) is 6.54 Å². The van der Waals surface area contributed by atoms with Crippen LogP contribution in [0.2, 0.25) is 0 Å². The molecule has 7 heteroatoms. The van der Waals surface area contributed by atoms with Gasteiger partial charge in [-0.25, -0.2) is 9.59 Å². The normalized spacial score (nSPS) is 13.0. The minimum Gasteiger partial charge on any atom is -0.479 e. The van der Waals surface area contributed by atoms with Crippen molar-refractivity contribution in [1.29, 1.82) is 0 Å². The lowest BCUT2D eigenvalue weighted by atomic mass is 10.2. The fourth-order valence-corrected chi connectivity index (χ4v) is 1.65. The molecule has 114 valence electrons. The number of carbonyl (C=O) groups excluding carboxylic acids is 2. The minimum atomic E-state index is -1.73. The molecule has 2 atom stereocenters. The maximum Gasteiger partial charge on any atom is 0.342 e. The molecule has 0 saturated heterocycles. The standard InChI is InChI=1S/C14H18N2O5/c1-3-15-12(10-7-5-4-6-8-10)21-14(20)11(13(18)19)16-9(2)17/h4-8,11-12,15H,3H2,1-2H3,(H,16,17)(H,18,19). The van der Waals surface area contributed by atoms with Crippen molar-refractivity contribution in [2.24, 2.45) is 0 Å². The first kappa shape index (κ1) is 16.6. The minimum absolute atomic E-state index is 0.519. The molecule has 1 rings (SSSR count). The highest BCUT2D eigenvalue weighted by molar-refractivity contribution is 6.01. The molecule has 3 N–H and O–H groups in total. The summed E-state index contributed by atoms with van der Waals surface area (Å²) in [6.45, 7) is 3.47. The first-order valence-corrected chi connectivity index (χ1v) is 6.44. The fourth-order valence-electron chi connectivity index (χ4n) is 1.65. The highest BCUT2D eigenvalue weighted by Crippen LogP contribution is 2.14. The van der Waals surface area contributed by atoms with E-state index in [2.05, 4.69) is 5.32 Å². The van der Waals surface area contributed by atoms with E-state index < -0.39 is 30.1 Å². The smallest absolute Gasteiger partial charge is 0.342 e. The molecule has 0 radical (unpaired) electrons. The van der Waals surface area contributed by atoms with Crippen LogP contribution in [0.1, 0.15) is 25.6 Å². The zero-order chi connectivity index (χ0) is 15.8. The number of nitrogens with one attached hydrogen (secondary N) is 2. The van der Waals surface area contributed by atoms with Gasteiger partial charge in [-0.3, -0.25) is 10.1 Å². The van der Waals surface area contributed by atoms with Crippen LogP contribution >= 0.6 is 0 Å². The van der Waals surface area contributed by atoms with Crippen molar-refractivity contribution < 1.29 is 24.2 Å². The number of hydrogen-bond donors (Lipinski definition) is 3. The van der Waals surface area contributed by atoms with Crippen molar-refractivity contribution >= 4 is 17.8 Å². The van der Waals surface area contributed by atoms with E-state index >= 15 is 0 Å². The maximum absolute atomic E-state index is 11.9. The number of esters is 1. The van der Waals surface area contributed by atoms with Crippen LogP contribution in [0.3, 0.4) is 0 Å². The summed E-state index contributed by atoms with van der Waals surface area (Å²) in [5.41, 5.74) is 0.680. The average molecular weight is 294 g/mol. The summed E-state index contributed by atoms with van der Waals surface area (Å²) in [6, 6.07) is 7.12. The summed E-state index contributed by atoms with van der Waals surface area (Å²) >= 11 is 0. The molecule has 0 aliphatic heterocycles. The van der Waals surface area contributed by atoms with Gasteiger partial charge in [0.2, 0.25) is 11.9 Å². The summed E-state index contributed by atoms with van der Waals surface area (Å²) in [6.07, 6.45) is -0.778. The van der Waals surface area contributed by atoms with Gasteiger partial charge in [0.15, 0.2) is 6.23 Å². The lowest BCUT2D eigenvalue weighted by molar-refractivity contribution is -0.161. The average Bonchev–Trinajstić information content (AvgIpc) is 2.44. The second-order valence-corrected chi connectivity index (χ2v) is 4.26. The molecule has 1 aromatic rings. The van der Waals surface area contributed by atoms with Crippen molar-refractivity contribution in [3.63, 3.8) is 0 Å². The number of carboxylic acid groups (broad SMARTS) is 1. The molecule has 0 fully saturated rings. The van der Waals surface area contributed by atoms with E-state index in [1.807, 2.05) is 18.3 Å². The van der Waals surface area contributed by atoms with Crippen molar-refractivity contribution in [3.8, 4) is 0 Å². The Morgan fingerprint density at radius 3 is 2.33 bits per heavy atom. The van der Waals surface area contributed by atoms with E-state index in [0.717, 1.165) is 6.92 Å². The molecule has 0 heterocycles. The summed E-state index contributed by atoms with van der Waals surface area (Å²) in [5.74, 6) is -3.13. The third-order valence-corrected chi connectivity index (χ3v) is 2.56. The largest absolute Gasteiger partial charge is 0.479 e. The lowest BCUT2D eigenvalue weighted by Crippen LogP contribution is -2.47. The number of ether oxygens (including phenoxy) is 1. The third kappa shape index (κ3) is 5.23. The van der Waals surface area contributed by atoms with Crippen molar-refractivity contribution in [1.82, 2.24) is 10.6 Å². The Labute approximate surface area is 122 Å². The summed E-state index contributed by atoms with van der Waals surface area (Å²) < 4.78 is 5.16. The fraction of sp³-hybridized carbons (Fsp3) is 0.357. The Balaban J connectivity index is 2.84. The van der Waals surface area contributed by atoms with Gasteiger partial charge in [-0.1, -0.05) is 37.3 Å². The molecule has 2 unspecified atom stereocenters. The van der Waals surface area contributed by atoms with Crippen LogP contribution in [0.4, 0.5) is 0 Å². The van der Waals surface area contributed by atoms with Gasteiger partial charge in [0, 0.05) is 12.5 Å². The molecule has 0 saturated carbocycles. The van der Waals surface area contributed by atoms with Crippen LogP contribution in [0.15, 0.2) is 30.3 Å². The number of carbonyl (C=O) groups is 3. The van der Waals surface area contributed by atoms with Gasteiger partial charge < -0.3 is 15.2 Å². The van der Waals surface area contributed by atoms with Crippen LogP contribution in [0, 0.1) is 0 Å². The molecule has 1 amide bonds. The number of carboxylic acids is 1. The third-order valence-electron chi connectivity index (χ3n) is 2.56. The Morgan fingerprint density at radius 2 is 1.86 bits per heavy atom. The first-order valence-electron chi connectivity index (χ1n) is 6.44. The summed E-state index contributed by atoms with van der Waals surface area (Å²) in [5, 5.41) is 13.9. The first-order chi connectivity index (χ1) is 9.95. The van der Waals surface area contributed by atoms with E-state index in [4.69, 9.17) is 9.84 Å². The molecule has 0 aliphatic carbocycles. The number of rotatable bonds is 7. The second kappa shape index (κ2) is 8.01. The highest BCUT2D eigenvalue weighted by Gasteiger charge is 2.31. The molecular weight excluding hydrogens is 276 g/mol. The zero-order valence-corrected chi connectivity index (χ0v) is 11.8. The van der Waals surface area contributed by atoms with E-state index in [0.29, 0.717) is 12.1 Å². The predicted octanol–water partition coefficient (Wildman–Crippen LogP) is 0.427. The van der Waals surface area contributed by atoms with Gasteiger partial charge in [0.05, 0.1) is 0 Å². The van der Waals surface area contributed by atoms with Gasteiger partial charge in [0.1, 0.15) is 0 Å². The van der Waals surface area contributed by atoms with Gasteiger partial charge in [-0.05, 0) is 6.54 Å². The molecule has 0 aromatic heterocycles. The monoisotopic (exact) mass is 294 g/mol. The number of amides is 1. The van der Waals surface area contributed by atoms with Crippen LogP contribution < -0.4 is 10.6 Å². The van der Waals surface area contributed by atoms with Gasteiger partial charge in [-0.15, -0.1) is 0 Å². The molecule has 1 aromatic carbocycles. The lowest BCUT2D eigenvalue weighted by Gasteiger charge is -2.21. The topological polar surface area (TPSA) is 105 Å². The SMILES string of the molecule is CCNC(OC(=O)C(NC(C)=O)C(=O)O)c1ccccc1. The number of aliphatic carboxylic acids is 1. The van der Waals surface area contributed by atoms with Crippen LogP contribution in [0.25, 0.3) is 0 Å². The number of hydrogen-bond acceptors (Lipinski definition) is 5. The molecule has 0 aliphatic rings. The van der Waals surface area contributed by atoms with Crippen LogP contribution in [0.5, 0.6) is 0 Å². The maximum atomic E-state index is 11.9. The Hall–Kier alpha value is -2.41. The van der Waals surface area contributed by atoms with Gasteiger partial charge in [0.25, 0.3) is 0 Å². The Morgan fingerprint density at radius 1 is 1.24 bits per heavy atom. The highest BCUT2D eigenvalue weighted by atomic mass is 16.6. The second-order valence-electron chi connectivity index (χ2n) is 4.26. The summed E-state index contributed by atoms with van der Waals surface area (Å²) in [4.78, 5) is 33.9. The quantitative estimate of drug-likeness (QED) is 0.382. The van der Waals surface area contributed by atoms with Crippen molar-refractivity contribution in [2.45, 2.75) is 26.1 Å². The molecule has 21 heavy (non-hydrogen) atoms. The Kier molecular flexibility index (Phi) is 6.35. The van der Waals surface area contributed by atoms with E-state index in [1.165, 1.54) is 0 Å². The van der Waals surface area contributed by atoms with Gasteiger partial charge >= 0.3 is 11.9 Å². The summed E-state index contributed by atoms with van der Waals surface area (Å²) in [7, 11) is 0. The van der Waals surface area contributed by atoms with E-state index in [-0.39, 0.29) is 0 Å². The zero-order valence-electron chi connectivity index (χ0n) is 11.8. The van der Waals surface area contributed by atoms with Crippen LogP contribution in [-0.4, -0.2) is 35.5 Å². The van der Waals surface area contributed by atoms with Crippen molar-refractivity contribution in [3.05, 3.63) is 35.9 Å². The number of benzene rings is 1. The van der Waals surface area contributed by atoms with Gasteiger partial charge in [-0.2, -0.15) is 0 Å². The predicted molar refractivity (Wildman–Crippen MR) is 74.2 cm³/mol. The molecule has 0 spiro atoms. The Bertz CT molecular complexity index is 503. The molecule has 7 nitrogen and oxygen atoms in total. The molecular formula is C14H18N2O5. The molecule has 0 bridgehead atoms. The van der Waals surface area contributed by atoms with Crippen LogP contribution in [-0.2, 0) is 19.1 Å². The van der Waals surface area contributed by atoms with E-state index in [9.17, 15) is 14.4 Å². The van der Waals surface area contributed by atoms with E-state index in [1.54, 1.807) is 24.3 Å².